The summed E-state index contributed by atoms with van der Waals surface area (Å²) in [6, 6.07) is 6.40. The van der Waals surface area contributed by atoms with Gasteiger partial charge < -0.3 is 5.32 Å². The van der Waals surface area contributed by atoms with Crippen molar-refractivity contribution in [2.75, 3.05) is 6.54 Å². The minimum Gasteiger partial charge on any atom is -0.310 e. The van der Waals surface area contributed by atoms with E-state index in [4.69, 9.17) is 11.6 Å². The third-order valence-electron chi connectivity index (χ3n) is 3.46. The molecule has 114 valence electrons. The molecule has 0 saturated carbocycles. The quantitative estimate of drug-likeness (QED) is 0.731. The normalized spacial score (nSPS) is 12.7. The molecule has 1 unspecified atom stereocenters. The summed E-state index contributed by atoms with van der Waals surface area (Å²) < 4.78 is 3.89. The molecule has 0 spiro atoms. The van der Waals surface area contributed by atoms with Gasteiger partial charge in [0.2, 0.25) is 0 Å². The first-order valence-electron chi connectivity index (χ1n) is 6.80. The number of hydrogen-bond acceptors (Lipinski definition) is 2. The Kier molecular flexibility index (Phi) is 5.88. The van der Waals surface area contributed by atoms with E-state index in [-0.39, 0.29) is 6.04 Å². The van der Waals surface area contributed by atoms with E-state index in [1.807, 2.05) is 20.0 Å². The van der Waals surface area contributed by atoms with E-state index in [2.05, 4.69) is 61.3 Å². The molecule has 1 aromatic carbocycles. The number of likely N-dealkylation sites (N-methyl/N-ethyl adjacent to an activating group) is 1. The molecule has 0 fully saturated rings. The predicted octanol–water partition coefficient (Wildman–Crippen LogP) is 4.80. The monoisotopic (exact) mass is 433 g/mol. The molecule has 1 atom stereocenters. The van der Waals surface area contributed by atoms with Gasteiger partial charge in [-0.25, -0.2) is 0 Å². The molecule has 2 aromatic rings. The highest BCUT2D eigenvalue weighted by molar-refractivity contribution is 9.11. The minimum absolute atomic E-state index is 0.183. The lowest BCUT2D eigenvalue weighted by Crippen LogP contribution is -2.23. The second-order valence-corrected chi connectivity index (χ2v) is 7.09. The zero-order valence-electron chi connectivity index (χ0n) is 12.3. The van der Waals surface area contributed by atoms with Crippen molar-refractivity contribution in [1.82, 2.24) is 15.1 Å². The van der Waals surface area contributed by atoms with Gasteiger partial charge in [0.15, 0.2) is 0 Å². The predicted molar refractivity (Wildman–Crippen MR) is 94.9 cm³/mol. The summed E-state index contributed by atoms with van der Waals surface area (Å²) in [5, 5.41) is 8.64. The first kappa shape index (κ1) is 17.0. The van der Waals surface area contributed by atoms with Crippen LogP contribution >= 0.6 is 43.5 Å². The molecule has 0 aliphatic rings. The number of aryl methyl sites for hydroxylation is 2. The van der Waals surface area contributed by atoms with Crippen molar-refractivity contribution in [3.63, 3.8) is 0 Å². The van der Waals surface area contributed by atoms with Crippen molar-refractivity contribution in [3.05, 3.63) is 49.1 Å². The fourth-order valence-corrected chi connectivity index (χ4v) is 3.58. The summed E-state index contributed by atoms with van der Waals surface area (Å²) in [5.41, 5.74) is 3.29. The van der Waals surface area contributed by atoms with Crippen LogP contribution in [0.2, 0.25) is 5.15 Å². The van der Waals surface area contributed by atoms with Crippen molar-refractivity contribution in [2.45, 2.75) is 26.3 Å². The molecule has 6 heteroatoms. The van der Waals surface area contributed by atoms with Crippen LogP contribution in [-0.2, 0) is 13.5 Å². The van der Waals surface area contributed by atoms with Crippen molar-refractivity contribution in [3.8, 4) is 0 Å². The second kappa shape index (κ2) is 7.27. The van der Waals surface area contributed by atoms with E-state index in [1.54, 1.807) is 4.68 Å². The second-order valence-electron chi connectivity index (χ2n) is 4.96. The van der Waals surface area contributed by atoms with Gasteiger partial charge in [-0.3, -0.25) is 4.68 Å². The van der Waals surface area contributed by atoms with Crippen LogP contribution in [0.1, 0.15) is 29.8 Å². The Hall–Kier alpha value is -0.360. The molecule has 3 nitrogen and oxygen atoms in total. The maximum atomic E-state index is 6.37. The lowest BCUT2D eigenvalue weighted by molar-refractivity contribution is 0.546. The Bertz CT molecular complexity index is 640. The third kappa shape index (κ3) is 3.89. The standard InChI is InChI=1S/C15H18Br2ClN3/c1-4-19-14(12-7-10(16)5-6-13(12)17)8-11-9(2)20-21(3)15(11)18/h5-7,14,19H,4,8H2,1-3H3. The van der Waals surface area contributed by atoms with Gasteiger partial charge >= 0.3 is 0 Å². The fourth-order valence-electron chi connectivity index (χ4n) is 2.43. The Balaban J connectivity index is 2.37. The zero-order valence-corrected chi connectivity index (χ0v) is 16.2. The summed E-state index contributed by atoms with van der Waals surface area (Å²) in [6.07, 6.45) is 0.807. The lowest BCUT2D eigenvalue weighted by atomic mass is 9.99. The van der Waals surface area contributed by atoms with Gasteiger partial charge in [-0.15, -0.1) is 0 Å². The summed E-state index contributed by atoms with van der Waals surface area (Å²) in [5.74, 6) is 0. The maximum absolute atomic E-state index is 6.37. The molecule has 1 aromatic heterocycles. The average molecular weight is 436 g/mol. The van der Waals surface area contributed by atoms with Gasteiger partial charge in [0, 0.05) is 27.6 Å². The lowest BCUT2D eigenvalue weighted by Gasteiger charge is -2.20. The van der Waals surface area contributed by atoms with Crippen molar-refractivity contribution in [2.24, 2.45) is 7.05 Å². The maximum Gasteiger partial charge on any atom is 0.130 e. The topological polar surface area (TPSA) is 29.9 Å². The molecule has 0 aliphatic heterocycles. The Morgan fingerprint density at radius 2 is 2.10 bits per heavy atom. The van der Waals surface area contributed by atoms with Crippen molar-refractivity contribution in [1.29, 1.82) is 0 Å². The van der Waals surface area contributed by atoms with E-state index >= 15 is 0 Å². The smallest absolute Gasteiger partial charge is 0.130 e. The van der Waals surface area contributed by atoms with Gasteiger partial charge in [-0.2, -0.15) is 5.10 Å². The minimum atomic E-state index is 0.183. The molecule has 0 radical (unpaired) electrons. The number of nitrogens with zero attached hydrogens (tertiary/aromatic N) is 2. The van der Waals surface area contributed by atoms with Gasteiger partial charge in [-0.05, 0) is 43.7 Å². The molecule has 0 aliphatic carbocycles. The highest BCUT2D eigenvalue weighted by Crippen LogP contribution is 2.31. The molecule has 2 rings (SSSR count). The summed E-state index contributed by atoms with van der Waals surface area (Å²) in [6.45, 7) is 5.00. The summed E-state index contributed by atoms with van der Waals surface area (Å²) in [7, 11) is 1.87. The summed E-state index contributed by atoms with van der Waals surface area (Å²) >= 11 is 13.6. The largest absolute Gasteiger partial charge is 0.310 e. The Morgan fingerprint density at radius 3 is 2.67 bits per heavy atom. The fraction of sp³-hybridized carbons (Fsp3) is 0.400. The number of nitrogens with one attached hydrogen (secondary N) is 1. The molecule has 1 heterocycles. The summed E-state index contributed by atoms with van der Waals surface area (Å²) in [4.78, 5) is 0. The molecule has 0 saturated heterocycles. The molecule has 21 heavy (non-hydrogen) atoms. The Labute approximate surface area is 147 Å². The highest BCUT2D eigenvalue weighted by atomic mass is 79.9. The third-order valence-corrected chi connectivity index (χ3v) is 5.15. The van der Waals surface area contributed by atoms with Crippen molar-refractivity contribution >= 4 is 43.5 Å². The van der Waals surface area contributed by atoms with E-state index in [9.17, 15) is 0 Å². The number of benzene rings is 1. The number of aromatic nitrogens is 2. The number of hydrogen-bond donors (Lipinski definition) is 1. The van der Waals surface area contributed by atoms with Gasteiger partial charge in [0.1, 0.15) is 5.15 Å². The zero-order chi connectivity index (χ0) is 15.6. The SMILES string of the molecule is CCNC(Cc1c(C)nn(C)c1Cl)c1cc(Br)ccc1Br. The average Bonchev–Trinajstić information content (AvgIpc) is 2.67. The van der Waals surface area contributed by atoms with Gasteiger partial charge in [0.25, 0.3) is 0 Å². The van der Waals surface area contributed by atoms with E-state index < -0.39 is 0 Å². The number of halogens is 3. The van der Waals surface area contributed by atoms with Gasteiger partial charge in [-0.1, -0.05) is 50.4 Å². The molecule has 1 N–H and O–H groups in total. The number of rotatable bonds is 5. The molecular weight excluding hydrogens is 417 g/mol. The molecule has 0 bridgehead atoms. The van der Waals surface area contributed by atoms with Crippen LogP contribution in [0.15, 0.2) is 27.1 Å². The van der Waals surface area contributed by atoms with Crippen LogP contribution in [0.4, 0.5) is 0 Å². The van der Waals surface area contributed by atoms with Crippen LogP contribution in [0.5, 0.6) is 0 Å². The highest BCUT2D eigenvalue weighted by Gasteiger charge is 2.20. The molecule has 0 amide bonds. The van der Waals surface area contributed by atoms with Crippen molar-refractivity contribution < 1.29 is 0 Å². The van der Waals surface area contributed by atoms with E-state index in [0.29, 0.717) is 5.15 Å². The van der Waals surface area contributed by atoms with Gasteiger partial charge in [0.05, 0.1) is 5.69 Å². The van der Waals surface area contributed by atoms with Crippen LogP contribution in [0.3, 0.4) is 0 Å². The first-order valence-corrected chi connectivity index (χ1v) is 8.76. The van der Waals surface area contributed by atoms with Crippen LogP contribution in [0.25, 0.3) is 0 Å². The van der Waals surface area contributed by atoms with E-state index in [0.717, 1.165) is 33.2 Å². The molecular formula is C15H18Br2ClN3. The first-order chi connectivity index (χ1) is 9.93. The van der Waals surface area contributed by atoms with E-state index in [1.165, 1.54) is 5.56 Å². The van der Waals surface area contributed by atoms with Crippen LogP contribution in [-0.4, -0.2) is 16.3 Å². The van der Waals surface area contributed by atoms with Crippen LogP contribution in [0, 0.1) is 6.92 Å². The van der Waals surface area contributed by atoms with Crippen LogP contribution < -0.4 is 5.32 Å². The Morgan fingerprint density at radius 1 is 1.38 bits per heavy atom.